The summed E-state index contributed by atoms with van der Waals surface area (Å²) in [7, 11) is 0. The molecule has 1 unspecified atom stereocenters. The van der Waals surface area contributed by atoms with Gasteiger partial charge in [0.1, 0.15) is 0 Å². The van der Waals surface area contributed by atoms with Gasteiger partial charge in [-0.25, -0.2) is 4.98 Å². The van der Waals surface area contributed by atoms with E-state index in [-0.39, 0.29) is 11.2 Å². The van der Waals surface area contributed by atoms with Crippen LogP contribution in [0, 0.1) is 0 Å². The van der Waals surface area contributed by atoms with Crippen LogP contribution in [-0.2, 0) is 0 Å². The average molecular weight is 226 g/mol. The third-order valence-corrected chi connectivity index (χ3v) is 2.42. The zero-order valence-corrected chi connectivity index (χ0v) is 8.15. The quantitative estimate of drug-likeness (QED) is 0.858. The van der Waals surface area contributed by atoms with E-state index in [4.69, 9.17) is 5.73 Å². The second-order valence-corrected chi connectivity index (χ2v) is 3.75. The van der Waals surface area contributed by atoms with Crippen LogP contribution in [-0.4, -0.2) is 17.8 Å². The van der Waals surface area contributed by atoms with Crippen LogP contribution in [0.25, 0.3) is 0 Å². The number of nitrogens with zero attached hydrogens (tertiary/aromatic N) is 1. The van der Waals surface area contributed by atoms with Crippen LogP contribution < -0.4 is 10.5 Å². The van der Waals surface area contributed by atoms with Gasteiger partial charge in [0.2, 0.25) is 0 Å². The first-order valence-electron chi connectivity index (χ1n) is 3.79. The van der Waals surface area contributed by atoms with Gasteiger partial charge in [0.15, 0.2) is 6.61 Å². The summed E-state index contributed by atoms with van der Waals surface area (Å²) in [6.45, 7) is 0.403. The van der Waals surface area contributed by atoms with E-state index in [0.29, 0.717) is 4.88 Å². The summed E-state index contributed by atoms with van der Waals surface area (Å²) >= 11 is 1.02. The van der Waals surface area contributed by atoms with Crippen molar-refractivity contribution in [1.29, 1.82) is 0 Å². The average Bonchev–Trinajstić information content (AvgIpc) is 2.47. The molecule has 0 amide bonds. The van der Waals surface area contributed by atoms with Gasteiger partial charge in [0.25, 0.3) is 5.19 Å². The van der Waals surface area contributed by atoms with Gasteiger partial charge in [-0.2, -0.15) is 13.2 Å². The van der Waals surface area contributed by atoms with Gasteiger partial charge in [-0.1, -0.05) is 11.3 Å². The zero-order chi connectivity index (χ0) is 10.8. The molecule has 80 valence electrons. The van der Waals surface area contributed by atoms with E-state index in [1.165, 1.54) is 6.20 Å². The predicted molar refractivity (Wildman–Crippen MR) is 46.3 cm³/mol. The van der Waals surface area contributed by atoms with Gasteiger partial charge in [0, 0.05) is 17.1 Å². The molecule has 0 saturated carbocycles. The van der Waals surface area contributed by atoms with Crippen molar-refractivity contribution in [3.05, 3.63) is 11.1 Å². The van der Waals surface area contributed by atoms with Crippen LogP contribution in [0.3, 0.4) is 0 Å². The summed E-state index contributed by atoms with van der Waals surface area (Å²) in [6, 6.07) is -0.240. The minimum absolute atomic E-state index is 0.00498. The standard InChI is InChI=1S/C7H9F3N2OS/c1-4(11)5-2-12-6(14-5)13-3-7(8,9)10/h2,4H,3,11H2,1H3. The molecule has 0 aliphatic carbocycles. The molecule has 0 aliphatic heterocycles. The summed E-state index contributed by atoms with van der Waals surface area (Å²) in [5.41, 5.74) is 5.50. The highest BCUT2D eigenvalue weighted by atomic mass is 32.1. The Morgan fingerprint density at radius 3 is 2.71 bits per heavy atom. The van der Waals surface area contributed by atoms with Crippen LogP contribution in [0.5, 0.6) is 5.19 Å². The topological polar surface area (TPSA) is 48.1 Å². The van der Waals surface area contributed by atoms with E-state index >= 15 is 0 Å². The Kier molecular flexibility index (Phi) is 3.33. The van der Waals surface area contributed by atoms with Crippen molar-refractivity contribution in [3.63, 3.8) is 0 Å². The molecule has 0 aliphatic rings. The summed E-state index contributed by atoms with van der Waals surface area (Å²) in [5.74, 6) is 0. The molecule has 1 aromatic rings. The monoisotopic (exact) mass is 226 g/mol. The van der Waals surface area contributed by atoms with Gasteiger partial charge >= 0.3 is 6.18 Å². The lowest BCUT2D eigenvalue weighted by atomic mass is 10.3. The third-order valence-electron chi connectivity index (χ3n) is 1.31. The SMILES string of the molecule is CC(N)c1cnc(OCC(F)(F)F)s1. The number of hydrogen-bond acceptors (Lipinski definition) is 4. The molecular weight excluding hydrogens is 217 g/mol. The Morgan fingerprint density at radius 2 is 2.29 bits per heavy atom. The van der Waals surface area contributed by atoms with Crippen LogP contribution >= 0.6 is 11.3 Å². The molecule has 3 nitrogen and oxygen atoms in total. The Hall–Kier alpha value is -0.820. The van der Waals surface area contributed by atoms with Crippen molar-refractivity contribution >= 4 is 11.3 Å². The molecule has 0 spiro atoms. The number of halogens is 3. The highest BCUT2D eigenvalue weighted by Gasteiger charge is 2.29. The lowest BCUT2D eigenvalue weighted by molar-refractivity contribution is -0.153. The lowest BCUT2D eigenvalue weighted by Gasteiger charge is -2.05. The first kappa shape index (κ1) is 11.3. The highest BCUT2D eigenvalue weighted by Crippen LogP contribution is 2.26. The Bertz CT molecular complexity index is 297. The molecule has 0 radical (unpaired) electrons. The molecule has 0 bridgehead atoms. The number of ether oxygens (including phenoxy) is 1. The minimum atomic E-state index is -4.33. The van der Waals surface area contributed by atoms with Crippen molar-refractivity contribution < 1.29 is 17.9 Å². The molecule has 0 saturated heterocycles. The lowest BCUT2D eigenvalue weighted by Crippen LogP contribution is -2.19. The minimum Gasteiger partial charge on any atom is -0.460 e. The molecule has 7 heteroatoms. The summed E-state index contributed by atoms with van der Waals surface area (Å²) < 4.78 is 39.6. The van der Waals surface area contributed by atoms with Crippen LogP contribution in [0.2, 0.25) is 0 Å². The van der Waals surface area contributed by atoms with Crippen molar-refractivity contribution in [1.82, 2.24) is 4.98 Å². The maximum Gasteiger partial charge on any atom is 0.422 e. The number of nitrogens with two attached hydrogens (primary N) is 1. The van der Waals surface area contributed by atoms with Gasteiger partial charge in [-0.15, -0.1) is 0 Å². The molecule has 1 rings (SSSR count). The van der Waals surface area contributed by atoms with E-state index in [1.54, 1.807) is 6.92 Å². The van der Waals surface area contributed by atoms with E-state index in [2.05, 4.69) is 9.72 Å². The number of alkyl halides is 3. The van der Waals surface area contributed by atoms with Crippen LogP contribution in [0.15, 0.2) is 6.20 Å². The summed E-state index contributed by atoms with van der Waals surface area (Å²) in [4.78, 5) is 4.35. The molecular formula is C7H9F3N2OS. The first-order chi connectivity index (χ1) is 6.38. The molecule has 1 aromatic heterocycles. The molecule has 14 heavy (non-hydrogen) atoms. The normalized spacial score (nSPS) is 14.1. The predicted octanol–water partition coefficient (Wildman–Crippen LogP) is 2.10. The second-order valence-electron chi connectivity index (χ2n) is 2.72. The first-order valence-corrected chi connectivity index (χ1v) is 4.61. The number of aromatic nitrogens is 1. The molecule has 1 atom stereocenters. The van der Waals surface area contributed by atoms with Crippen molar-refractivity contribution in [2.75, 3.05) is 6.61 Å². The largest absolute Gasteiger partial charge is 0.460 e. The molecule has 0 fully saturated rings. The maximum absolute atomic E-state index is 11.7. The van der Waals surface area contributed by atoms with Crippen LogP contribution in [0.1, 0.15) is 17.8 Å². The highest BCUT2D eigenvalue weighted by molar-refractivity contribution is 7.13. The van der Waals surface area contributed by atoms with Gasteiger partial charge in [0.05, 0.1) is 0 Å². The van der Waals surface area contributed by atoms with Gasteiger partial charge < -0.3 is 10.5 Å². The van der Waals surface area contributed by atoms with E-state index in [0.717, 1.165) is 11.3 Å². The fraction of sp³-hybridized carbons (Fsp3) is 0.571. The zero-order valence-electron chi connectivity index (χ0n) is 7.34. The van der Waals surface area contributed by atoms with Crippen molar-refractivity contribution in [2.24, 2.45) is 5.73 Å². The fourth-order valence-corrected chi connectivity index (χ4v) is 1.41. The summed E-state index contributed by atoms with van der Waals surface area (Å²) in [5, 5.41) is -0.00498. The second kappa shape index (κ2) is 4.14. The summed E-state index contributed by atoms with van der Waals surface area (Å²) in [6.07, 6.45) is -2.92. The smallest absolute Gasteiger partial charge is 0.422 e. The maximum atomic E-state index is 11.7. The van der Waals surface area contributed by atoms with Crippen molar-refractivity contribution in [3.8, 4) is 5.19 Å². The molecule has 0 aromatic carbocycles. The number of thiazole rings is 1. The van der Waals surface area contributed by atoms with E-state index in [9.17, 15) is 13.2 Å². The van der Waals surface area contributed by atoms with Crippen LogP contribution in [0.4, 0.5) is 13.2 Å². The Labute approximate surface area is 82.7 Å². The number of hydrogen-bond donors (Lipinski definition) is 1. The Morgan fingerprint density at radius 1 is 1.64 bits per heavy atom. The number of rotatable bonds is 3. The van der Waals surface area contributed by atoms with E-state index < -0.39 is 12.8 Å². The van der Waals surface area contributed by atoms with Crippen molar-refractivity contribution in [2.45, 2.75) is 19.1 Å². The fourth-order valence-electron chi connectivity index (χ4n) is 0.691. The molecule has 2 N–H and O–H groups in total. The van der Waals surface area contributed by atoms with Gasteiger partial charge in [-0.05, 0) is 6.92 Å². The third kappa shape index (κ3) is 3.51. The Balaban J connectivity index is 2.52. The molecule has 1 heterocycles. The van der Waals surface area contributed by atoms with Gasteiger partial charge in [-0.3, -0.25) is 0 Å². The van der Waals surface area contributed by atoms with E-state index in [1.807, 2.05) is 0 Å².